The number of benzene rings is 1. The molecule has 0 bridgehead atoms. The van der Waals surface area contributed by atoms with Crippen LogP contribution in [-0.2, 0) is 9.59 Å². The molecule has 2 heterocycles. The number of nitrogens with zero attached hydrogens (tertiary/aromatic N) is 5. The second-order valence-corrected chi connectivity index (χ2v) is 6.05. The van der Waals surface area contributed by atoms with E-state index in [1.54, 1.807) is 17.9 Å². The van der Waals surface area contributed by atoms with Gasteiger partial charge in [0.05, 0.1) is 0 Å². The SMILES string of the molecule is Cc1nnnn1/C(=C/c1ccccc1)C(=O)N1CCC(C(N)=O)CC1. The molecule has 1 aliphatic rings. The van der Waals surface area contributed by atoms with Crippen LogP contribution in [0.4, 0.5) is 0 Å². The number of carbonyl (C=O) groups excluding carboxylic acids is 2. The minimum absolute atomic E-state index is 0.165. The van der Waals surface area contributed by atoms with E-state index in [9.17, 15) is 9.59 Å². The van der Waals surface area contributed by atoms with Crippen LogP contribution < -0.4 is 5.73 Å². The number of piperidine rings is 1. The van der Waals surface area contributed by atoms with E-state index in [1.807, 2.05) is 30.3 Å². The first kappa shape index (κ1) is 16.8. The minimum Gasteiger partial charge on any atom is -0.369 e. The molecule has 0 spiro atoms. The van der Waals surface area contributed by atoms with Crippen molar-refractivity contribution < 1.29 is 9.59 Å². The lowest BCUT2D eigenvalue weighted by atomic mass is 9.96. The predicted molar refractivity (Wildman–Crippen MR) is 91.7 cm³/mol. The number of tetrazole rings is 1. The summed E-state index contributed by atoms with van der Waals surface area (Å²) >= 11 is 0. The number of primary amides is 1. The van der Waals surface area contributed by atoms with E-state index in [1.165, 1.54) is 4.68 Å². The highest BCUT2D eigenvalue weighted by Crippen LogP contribution is 2.21. The standard InChI is InChI=1S/C17H20N6O2/c1-12-19-20-21-23(12)15(11-13-5-3-2-4-6-13)17(25)22-9-7-14(8-10-22)16(18)24/h2-6,11,14H,7-10H2,1H3,(H2,18,24)/b15-11+. The topological polar surface area (TPSA) is 107 Å². The van der Waals surface area contributed by atoms with Crippen LogP contribution >= 0.6 is 0 Å². The average Bonchev–Trinajstić information content (AvgIpc) is 3.06. The fourth-order valence-corrected chi connectivity index (χ4v) is 2.90. The number of rotatable bonds is 4. The largest absolute Gasteiger partial charge is 0.369 e. The van der Waals surface area contributed by atoms with Gasteiger partial charge < -0.3 is 10.6 Å². The van der Waals surface area contributed by atoms with Crippen LogP contribution in [0.25, 0.3) is 11.8 Å². The Morgan fingerprint density at radius 1 is 1.20 bits per heavy atom. The summed E-state index contributed by atoms with van der Waals surface area (Å²) in [7, 11) is 0. The number of amides is 2. The molecule has 25 heavy (non-hydrogen) atoms. The fourth-order valence-electron chi connectivity index (χ4n) is 2.90. The summed E-state index contributed by atoms with van der Waals surface area (Å²) < 4.78 is 1.44. The second kappa shape index (κ2) is 7.25. The molecule has 0 radical (unpaired) electrons. The molecule has 2 aromatic rings. The van der Waals surface area contributed by atoms with Crippen molar-refractivity contribution >= 4 is 23.6 Å². The lowest BCUT2D eigenvalue weighted by molar-refractivity contribution is -0.130. The molecule has 2 N–H and O–H groups in total. The smallest absolute Gasteiger partial charge is 0.272 e. The van der Waals surface area contributed by atoms with Gasteiger partial charge in [0.1, 0.15) is 5.70 Å². The van der Waals surface area contributed by atoms with Crippen molar-refractivity contribution in [2.45, 2.75) is 19.8 Å². The van der Waals surface area contributed by atoms with Gasteiger partial charge in [-0.25, -0.2) is 0 Å². The molecule has 0 unspecified atom stereocenters. The molecular formula is C17H20N6O2. The molecule has 130 valence electrons. The van der Waals surface area contributed by atoms with Gasteiger partial charge in [0.2, 0.25) is 5.91 Å². The van der Waals surface area contributed by atoms with Crippen molar-refractivity contribution in [2.75, 3.05) is 13.1 Å². The first-order chi connectivity index (χ1) is 12.1. The molecule has 1 aromatic heterocycles. The number of aryl methyl sites for hydroxylation is 1. The van der Waals surface area contributed by atoms with Crippen LogP contribution in [-0.4, -0.2) is 50.0 Å². The average molecular weight is 340 g/mol. The van der Waals surface area contributed by atoms with E-state index in [4.69, 9.17) is 5.73 Å². The van der Waals surface area contributed by atoms with Crippen LogP contribution in [0.2, 0.25) is 0 Å². The van der Waals surface area contributed by atoms with Gasteiger partial charge in [0.25, 0.3) is 5.91 Å². The van der Waals surface area contributed by atoms with Crippen LogP contribution in [0.15, 0.2) is 30.3 Å². The minimum atomic E-state index is -0.302. The van der Waals surface area contributed by atoms with Crippen molar-refractivity contribution in [2.24, 2.45) is 11.7 Å². The third kappa shape index (κ3) is 3.73. The monoisotopic (exact) mass is 340 g/mol. The van der Waals surface area contributed by atoms with Gasteiger partial charge in [-0.2, -0.15) is 4.68 Å². The first-order valence-electron chi connectivity index (χ1n) is 8.17. The predicted octanol–water partition coefficient (Wildman–Crippen LogP) is 0.704. The molecule has 8 heteroatoms. The van der Waals surface area contributed by atoms with Crippen molar-refractivity contribution in [3.63, 3.8) is 0 Å². The Bertz CT molecular complexity index is 790. The maximum atomic E-state index is 13.1. The molecule has 0 aliphatic carbocycles. The van der Waals surface area contributed by atoms with Crippen molar-refractivity contribution in [1.82, 2.24) is 25.1 Å². The van der Waals surface area contributed by atoms with Crippen LogP contribution in [0.5, 0.6) is 0 Å². The molecule has 1 fully saturated rings. The van der Waals surface area contributed by atoms with Gasteiger partial charge in [0.15, 0.2) is 5.82 Å². The highest BCUT2D eigenvalue weighted by Gasteiger charge is 2.29. The number of aromatic nitrogens is 4. The summed E-state index contributed by atoms with van der Waals surface area (Å²) in [5.74, 6) is -0.103. The quantitative estimate of drug-likeness (QED) is 0.825. The van der Waals surface area contributed by atoms with E-state index in [0.29, 0.717) is 37.5 Å². The van der Waals surface area contributed by atoms with Gasteiger partial charge in [-0.15, -0.1) is 5.10 Å². The van der Waals surface area contributed by atoms with Crippen molar-refractivity contribution in [3.8, 4) is 0 Å². The molecule has 1 aromatic carbocycles. The maximum absolute atomic E-state index is 13.1. The molecule has 0 saturated carbocycles. The first-order valence-corrected chi connectivity index (χ1v) is 8.17. The van der Waals surface area contributed by atoms with E-state index < -0.39 is 0 Å². The van der Waals surface area contributed by atoms with Crippen LogP contribution in [0.1, 0.15) is 24.2 Å². The van der Waals surface area contributed by atoms with E-state index in [-0.39, 0.29) is 17.7 Å². The third-order valence-electron chi connectivity index (χ3n) is 4.36. The maximum Gasteiger partial charge on any atom is 0.272 e. The summed E-state index contributed by atoms with van der Waals surface area (Å²) in [6.45, 7) is 2.71. The summed E-state index contributed by atoms with van der Waals surface area (Å²) in [5.41, 5.74) is 6.63. The lowest BCUT2D eigenvalue weighted by Crippen LogP contribution is -2.42. The summed E-state index contributed by atoms with van der Waals surface area (Å²) in [4.78, 5) is 26.1. The van der Waals surface area contributed by atoms with Crippen LogP contribution in [0.3, 0.4) is 0 Å². The van der Waals surface area contributed by atoms with Gasteiger partial charge >= 0.3 is 0 Å². The van der Waals surface area contributed by atoms with E-state index in [0.717, 1.165) is 5.56 Å². The lowest BCUT2D eigenvalue weighted by Gasteiger charge is -2.31. The number of hydrogen-bond acceptors (Lipinski definition) is 5. The van der Waals surface area contributed by atoms with E-state index >= 15 is 0 Å². The van der Waals surface area contributed by atoms with Crippen molar-refractivity contribution in [3.05, 3.63) is 41.7 Å². The van der Waals surface area contributed by atoms with Crippen molar-refractivity contribution in [1.29, 1.82) is 0 Å². The second-order valence-electron chi connectivity index (χ2n) is 6.05. The van der Waals surface area contributed by atoms with E-state index in [2.05, 4.69) is 15.5 Å². The number of hydrogen-bond donors (Lipinski definition) is 1. The summed E-state index contributed by atoms with van der Waals surface area (Å²) in [5, 5.41) is 11.4. The Labute approximate surface area is 145 Å². The fraction of sp³-hybridized carbons (Fsp3) is 0.353. The Balaban J connectivity index is 1.88. The number of carbonyl (C=O) groups is 2. The Hall–Kier alpha value is -3.03. The Kier molecular flexibility index (Phi) is 4.87. The zero-order valence-corrected chi connectivity index (χ0v) is 14.0. The van der Waals surface area contributed by atoms with Gasteiger partial charge in [-0.05, 0) is 41.8 Å². The third-order valence-corrected chi connectivity index (χ3v) is 4.36. The Morgan fingerprint density at radius 2 is 1.88 bits per heavy atom. The molecule has 3 rings (SSSR count). The molecule has 0 atom stereocenters. The van der Waals surface area contributed by atoms with Gasteiger partial charge in [-0.1, -0.05) is 30.3 Å². The Morgan fingerprint density at radius 3 is 2.44 bits per heavy atom. The highest BCUT2D eigenvalue weighted by molar-refractivity contribution is 6.18. The summed E-state index contributed by atoms with van der Waals surface area (Å²) in [6, 6.07) is 9.53. The number of nitrogens with two attached hydrogens (primary N) is 1. The molecule has 2 amide bonds. The zero-order chi connectivity index (χ0) is 17.8. The zero-order valence-electron chi connectivity index (χ0n) is 14.0. The van der Waals surface area contributed by atoms with Gasteiger partial charge in [0, 0.05) is 19.0 Å². The highest BCUT2D eigenvalue weighted by atomic mass is 16.2. The molecule has 1 aliphatic heterocycles. The molecule has 8 nitrogen and oxygen atoms in total. The normalized spacial score (nSPS) is 16.0. The number of likely N-dealkylation sites (tertiary alicyclic amines) is 1. The van der Waals surface area contributed by atoms with Crippen LogP contribution in [0, 0.1) is 12.8 Å². The molecular weight excluding hydrogens is 320 g/mol. The van der Waals surface area contributed by atoms with Gasteiger partial charge in [-0.3, -0.25) is 9.59 Å². The molecule has 1 saturated heterocycles. The summed E-state index contributed by atoms with van der Waals surface area (Å²) in [6.07, 6.45) is 2.93.